The van der Waals surface area contributed by atoms with Gasteiger partial charge in [-0.1, -0.05) is 6.92 Å². The smallest absolute Gasteiger partial charge is 0.357 e. The van der Waals surface area contributed by atoms with Crippen LogP contribution in [0.15, 0.2) is 0 Å². The van der Waals surface area contributed by atoms with Gasteiger partial charge in [-0.2, -0.15) is 0 Å². The molecular weight excluding hydrogens is 264 g/mol. The van der Waals surface area contributed by atoms with Gasteiger partial charge in [-0.25, -0.2) is 9.78 Å². The van der Waals surface area contributed by atoms with Gasteiger partial charge in [-0.3, -0.25) is 0 Å². The Kier molecular flexibility index (Phi) is 4.42. The zero-order valence-electron chi connectivity index (χ0n) is 11.8. The Hall–Kier alpha value is -1.14. The van der Waals surface area contributed by atoms with Crippen LogP contribution >= 0.6 is 11.3 Å². The fourth-order valence-corrected chi connectivity index (χ4v) is 3.19. The Morgan fingerprint density at radius 1 is 1.63 bits per heavy atom. The summed E-state index contributed by atoms with van der Waals surface area (Å²) in [7, 11) is 1.38. The highest BCUT2D eigenvalue weighted by Crippen LogP contribution is 2.30. The Morgan fingerprint density at radius 3 is 3.00 bits per heavy atom. The maximum Gasteiger partial charge on any atom is 0.357 e. The van der Waals surface area contributed by atoms with Crippen LogP contribution in [0.25, 0.3) is 0 Å². The van der Waals surface area contributed by atoms with Crippen LogP contribution < -0.4 is 4.90 Å². The number of hydrogen-bond acceptors (Lipinski definition) is 6. The molecule has 0 amide bonds. The Balaban J connectivity index is 2.26. The van der Waals surface area contributed by atoms with E-state index in [-0.39, 0.29) is 12.1 Å². The van der Waals surface area contributed by atoms with Gasteiger partial charge in [0, 0.05) is 11.4 Å². The lowest BCUT2D eigenvalue weighted by Gasteiger charge is -2.38. The quantitative estimate of drug-likeness (QED) is 0.797. The first kappa shape index (κ1) is 14.3. The van der Waals surface area contributed by atoms with Crippen molar-refractivity contribution in [2.45, 2.75) is 39.3 Å². The molecule has 0 saturated carbocycles. The topological polar surface area (TPSA) is 51.7 Å². The second kappa shape index (κ2) is 5.88. The van der Waals surface area contributed by atoms with Gasteiger partial charge in [-0.05, 0) is 20.3 Å². The molecule has 6 heteroatoms. The van der Waals surface area contributed by atoms with Gasteiger partial charge in [-0.15, -0.1) is 11.3 Å². The van der Waals surface area contributed by atoms with Crippen molar-refractivity contribution >= 4 is 22.4 Å². The van der Waals surface area contributed by atoms with Crippen LogP contribution in [-0.2, 0) is 9.47 Å². The highest BCUT2D eigenvalue weighted by atomic mass is 32.1. The van der Waals surface area contributed by atoms with Gasteiger partial charge in [0.05, 0.1) is 25.9 Å². The molecule has 1 aromatic rings. The summed E-state index contributed by atoms with van der Waals surface area (Å²) >= 11 is 1.54. The predicted octanol–water partition coefficient (Wildman–Crippen LogP) is 2.24. The van der Waals surface area contributed by atoms with Crippen LogP contribution in [0.3, 0.4) is 0 Å². The van der Waals surface area contributed by atoms with E-state index >= 15 is 0 Å². The molecule has 2 atom stereocenters. The third kappa shape index (κ3) is 2.90. The molecule has 0 bridgehead atoms. The lowest BCUT2D eigenvalue weighted by atomic mass is 10.1. The second-order valence-corrected chi connectivity index (χ2v) is 5.93. The third-order valence-corrected chi connectivity index (χ3v) is 4.36. The number of carbonyl (C=O) groups excluding carboxylic acids is 1. The Morgan fingerprint density at radius 2 is 2.37 bits per heavy atom. The van der Waals surface area contributed by atoms with E-state index in [2.05, 4.69) is 23.7 Å². The van der Waals surface area contributed by atoms with Crippen LogP contribution in [-0.4, -0.2) is 43.4 Å². The van der Waals surface area contributed by atoms with E-state index in [9.17, 15) is 4.79 Å². The molecule has 106 valence electrons. The predicted molar refractivity (Wildman–Crippen MR) is 75.0 cm³/mol. The summed E-state index contributed by atoms with van der Waals surface area (Å²) in [5.74, 6) is -0.366. The van der Waals surface area contributed by atoms with E-state index < -0.39 is 0 Å². The maximum atomic E-state index is 11.6. The van der Waals surface area contributed by atoms with E-state index in [1.54, 1.807) is 11.3 Å². The molecule has 0 spiro atoms. The van der Waals surface area contributed by atoms with Gasteiger partial charge < -0.3 is 14.4 Å². The minimum Gasteiger partial charge on any atom is -0.464 e. The van der Waals surface area contributed by atoms with Crippen LogP contribution in [0, 0.1) is 6.92 Å². The number of thiazole rings is 1. The largest absolute Gasteiger partial charge is 0.464 e. The van der Waals surface area contributed by atoms with Crippen molar-refractivity contribution in [1.29, 1.82) is 0 Å². The zero-order valence-corrected chi connectivity index (χ0v) is 12.6. The molecule has 1 aliphatic rings. The van der Waals surface area contributed by atoms with Crippen molar-refractivity contribution in [2.24, 2.45) is 0 Å². The Bertz CT molecular complexity index is 461. The molecule has 1 aromatic heterocycles. The van der Waals surface area contributed by atoms with E-state index in [1.807, 2.05) is 6.92 Å². The number of rotatable bonds is 3. The van der Waals surface area contributed by atoms with Crippen LogP contribution in [0.5, 0.6) is 0 Å². The first-order chi connectivity index (χ1) is 9.06. The Labute approximate surface area is 117 Å². The molecule has 2 rings (SSSR count). The molecule has 19 heavy (non-hydrogen) atoms. The highest BCUT2D eigenvalue weighted by molar-refractivity contribution is 7.15. The standard InChI is InChI=1S/C13H20N2O3S/c1-5-10-7-18-8(2)6-15(10)13-14-11(9(3)19-13)12(16)17-4/h8,10H,5-7H2,1-4H3. The molecule has 0 aliphatic carbocycles. The van der Waals surface area contributed by atoms with Gasteiger partial charge in [0.25, 0.3) is 0 Å². The number of aryl methyl sites for hydroxylation is 1. The van der Waals surface area contributed by atoms with Crippen molar-refractivity contribution in [2.75, 3.05) is 25.2 Å². The highest BCUT2D eigenvalue weighted by Gasteiger charge is 2.29. The maximum absolute atomic E-state index is 11.6. The molecule has 0 radical (unpaired) electrons. The number of carbonyl (C=O) groups is 1. The summed E-state index contributed by atoms with van der Waals surface area (Å²) in [6.07, 6.45) is 1.19. The first-order valence-corrected chi connectivity index (χ1v) is 7.32. The second-order valence-electron chi connectivity index (χ2n) is 4.75. The van der Waals surface area contributed by atoms with E-state index in [0.29, 0.717) is 18.3 Å². The van der Waals surface area contributed by atoms with Crippen molar-refractivity contribution in [3.8, 4) is 0 Å². The van der Waals surface area contributed by atoms with Crippen molar-refractivity contribution < 1.29 is 14.3 Å². The van der Waals surface area contributed by atoms with Crippen LogP contribution in [0.2, 0.25) is 0 Å². The molecule has 1 saturated heterocycles. The summed E-state index contributed by atoms with van der Waals surface area (Å²) < 4.78 is 10.4. The molecular formula is C13H20N2O3S. The molecule has 0 N–H and O–H groups in total. The lowest BCUT2D eigenvalue weighted by Crippen LogP contribution is -2.48. The molecule has 1 aliphatic heterocycles. The van der Waals surface area contributed by atoms with E-state index in [1.165, 1.54) is 7.11 Å². The van der Waals surface area contributed by atoms with Crippen molar-refractivity contribution in [1.82, 2.24) is 4.98 Å². The fourth-order valence-electron chi connectivity index (χ4n) is 2.21. The first-order valence-electron chi connectivity index (χ1n) is 6.50. The summed E-state index contributed by atoms with van der Waals surface area (Å²) in [5.41, 5.74) is 0.427. The number of methoxy groups -OCH3 is 1. The van der Waals surface area contributed by atoms with E-state index in [0.717, 1.165) is 23.0 Å². The zero-order chi connectivity index (χ0) is 14.0. The number of nitrogens with zero attached hydrogens (tertiary/aromatic N) is 2. The number of esters is 1. The monoisotopic (exact) mass is 284 g/mol. The van der Waals surface area contributed by atoms with E-state index in [4.69, 9.17) is 9.47 Å². The van der Waals surface area contributed by atoms with Gasteiger partial charge in [0.2, 0.25) is 0 Å². The summed E-state index contributed by atoms with van der Waals surface area (Å²) in [6.45, 7) is 7.62. The number of ether oxygens (including phenoxy) is 2. The average molecular weight is 284 g/mol. The molecule has 2 heterocycles. The molecule has 2 unspecified atom stereocenters. The minimum atomic E-state index is -0.366. The van der Waals surface area contributed by atoms with Gasteiger partial charge in [0.15, 0.2) is 10.8 Å². The average Bonchev–Trinajstić information content (AvgIpc) is 2.79. The summed E-state index contributed by atoms with van der Waals surface area (Å²) in [5, 5.41) is 0.889. The SMILES string of the molecule is CCC1COC(C)CN1c1nc(C(=O)OC)c(C)s1. The molecule has 1 fully saturated rings. The van der Waals surface area contributed by atoms with Gasteiger partial charge in [0.1, 0.15) is 0 Å². The van der Waals surface area contributed by atoms with Crippen LogP contribution in [0.4, 0.5) is 5.13 Å². The number of hydrogen-bond donors (Lipinski definition) is 0. The summed E-state index contributed by atoms with van der Waals surface area (Å²) in [4.78, 5) is 19.2. The van der Waals surface area contributed by atoms with Crippen molar-refractivity contribution in [3.05, 3.63) is 10.6 Å². The number of aromatic nitrogens is 1. The fraction of sp³-hybridized carbons (Fsp3) is 0.692. The minimum absolute atomic E-state index is 0.189. The van der Waals surface area contributed by atoms with Crippen LogP contribution in [0.1, 0.15) is 35.6 Å². The third-order valence-electron chi connectivity index (χ3n) is 3.35. The normalized spacial score (nSPS) is 23.5. The molecule has 5 nitrogen and oxygen atoms in total. The van der Waals surface area contributed by atoms with Crippen molar-refractivity contribution in [3.63, 3.8) is 0 Å². The van der Waals surface area contributed by atoms with Gasteiger partial charge >= 0.3 is 5.97 Å². The lowest BCUT2D eigenvalue weighted by molar-refractivity contribution is 0.0299. The number of morpholine rings is 1. The molecule has 0 aromatic carbocycles. The number of anilines is 1. The summed E-state index contributed by atoms with van der Waals surface area (Å²) in [6, 6.07) is 0.326.